The van der Waals surface area contributed by atoms with Crippen LogP contribution in [0.15, 0.2) is 36.5 Å². The van der Waals surface area contributed by atoms with E-state index in [-0.39, 0.29) is 0 Å². The summed E-state index contributed by atoms with van der Waals surface area (Å²) in [5, 5.41) is 1.23. The van der Waals surface area contributed by atoms with Crippen molar-refractivity contribution in [2.45, 2.75) is 26.7 Å². The number of fused-ring (bicyclic) bond motifs is 1. The zero-order valence-electron chi connectivity index (χ0n) is 9.40. The molecule has 1 nitrogen and oxygen atoms in total. The quantitative estimate of drug-likeness (QED) is 0.732. The molecule has 1 aromatic carbocycles. The van der Waals surface area contributed by atoms with Crippen LogP contribution in [-0.2, 0) is 6.42 Å². The summed E-state index contributed by atoms with van der Waals surface area (Å²) >= 11 is 0. The zero-order chi connectivity index (χ0) is 10.7. The smallest absolute Gasteiger partial charge is 0.0704 e. The zero-order valence-corrected chi connectivity index (χ0v) is 9.40. The third-order valence-electron chi connectivity index (χ3n) is 2.68. The third kappa shape index (κ3) is 2.56. The second-order valence-corrected chi connectivity index (χ2v) is 4.46. The van der Waals surface area contributed by atoms with E-state index in [1.54, 1.807) is 0 Å². The molecule has 0 aliphatic carbocycles. The van der Waals surface area contributed by atoms with Crippen LogP contribution in [0.2, 0.25) is 0 Å². The van der Waals surface area contributed by atoms with Crippen molar-refractivity contribution in [2.75, 3.05) is 0 Å². The summed E-state index contributed by atoms with van der Waals surface area (Å²) in [6.07, 6.45) is 4.26. The lowest BCUT2D eigenvalue weighted by atomic mass is 10.0. The molecular weight excluding hydrogens is 182 g/mol. The van der Waals surface area contributed by atoms with E-state index in [9.17, 15) is 0 Å². The molecule has 2 aromatic rings. The normalized spacial score (nSPS) is 11.1. The van der Waals surface area contributed by atoms with Gasteiger partial charge in [-0.1, -0.05) is 32.0 Å². The Labute approximate surface area is 91.2 Å². The van der Waals surface area contributed by atoms with E-state index >= 15 is 0 Å². The van der Waals surface area contributed by atoms with Gasteiger partial charge in [0.1, 0.15) is 0 Å². The summed E-state index contributed by atoms with van der Waals surface area (Å²) in [5.41, 5.74) is 2.51. The van der Waals surface area contributed by atoms with Gasteiger partial charge in [-0.2, -0.15) is 0 Å². The molecule has 1 aromatic heterocycles. The van der Waals surface area contributed by atoms with Gasteiger partial charge in [0.05, 0.1) is 5.52 Å². The maximum atomic E-state index is 4.37. The van der Waals surface area contributed by atoms with Gasteiger partial charge in [-0.05, 0) is 36.5 Å². The maximum Gasteiger partial charge on any atom is 0.0704 e. The molecule has 0 saturated heterocycles. The van der Waals surface area contributed by atoms with E-state index in [2.05, 4.69) is 43.1 Å². The van der Waals surface area contributed by atoms with Crippen molar-refractivity contribution in [3.63, 3.8) is 0 Å². The Kier molecular flexibility index (Phi) is 3.00. The minimum Gasteiger partial charge on any atom is -0.256 e. The van der Waals surface area contributed by atoms with Crippen LogP contribution in [-0.4, -0.2) is 4.98 Å². The van der Waals surface area contributed by atoms with Crippen LogP contribution in [0.1, 0.15) is 25.8 Å². The molecule has 0 atom stereocenters. The van der Waals surface area contributed by atoms with Crippen LogP contribution in [0, 0.1) is 5.92 Å². The minimum absolute atomic E-state index is 0.768. The van der Waals surface area contributed by atoms with Gasteiger partial charge in [-0.15, -0.1) is 0 Å². The second-order valence-electron chi connectivity index (χ2n) is 4.46. The number of nitrogens with zero attached hydrogens (tertiary/aromatic N) is 1. The maximum absolute atomic E-state index is 4.37. The predicted octanol–water partition coefficient (Wildman–Crippen LogP) is 3.82. The first-order valence-electron chi connectivity index (χ1n) is 5.59. The summed E-state index contributed by atoms with van der Waals surface area (Å²) in [6, 6.07) is 10.7. The van der Waals surface area contributed by atoms with Crippen molar-refractivity contribution < 1.29 is 0 Å². The first-order chi connectivity index (χ1) is 7.25. The molecule has 0 aliphatic rings. The SMILES string of the molecule is CC(C)CCc1ccc2cccnc2c1. The molecule has 0 aliphatic heterocycles. The number of pyridine rings is 1. The van der Waals surface area contributed by atoms with Crippen molar-refractivity contribution in [3.05, 3.63) is 42.1 Å². The van der Waals surface area contributed by atoms with Crippen molar-refractivity contribution in [3.8, 4) is 0 Å². The number of benzene rings is 1. The molecule has 0 spiro atoms. The Bertz CT molecular complexity index is 446. The fraction of sp³-hybridized carbons (Fsp3) is 0.357. The van der Waals surface area contributed by atoms with E-state index in [0.29, 0.717) is 0 Å². The molecular formula is C14H17N. The summed E-state index contributed by atoms with van der Waals surface area (Å²) in [5.74, 6) is 0.768. The average molecular weight is 199 g/mol. The Balaban J connectivity index is 2.23. The summed E-state index contributed by atoms with van der Waals surface area (Å²) in [4.78, 5) is 4.37. The van der Waals surface area contributed by atoms with E-state index in [1.165, 1.54) is 17.4 Å². The topological polar surface area (TPSA) is 12.9 Å². The predicted molar refractivity (Wildman–Crippen MR) is 64.9 cm³/mol. The first kappa shape index (κ1) is 10.2. The standard InChI is InChI=1S/C14H17N/c1-11(2)5-6-12-7-8-13-4-3-9-15-14(13)10-12/h3-4,7-11H,5-6H2,1-2H3. The van der Waals surface area contributed by atoms with Gasteiger partial charge in [0, 0.05) is 11.6 Å². The Morgan fingerprint density at radius 1 is 1.20 bits per heavy atom. The number of hydrogen-bond acceptors (Lipinski definition) is 1. The van der Waals surface area contributed by atoms with Crippen molar-refractivity contribution in [1.29, 1.82) is 0 Å². The van der Waals surface area contributed by atoms with Crippen LogP contribution in [0.25, 0.3) is 10.9 Å². The van der Waals surface area contributed by atoms with Crippen molar-refractivity contribution in [2.24, 2.45) is 5.92 Å². The lowest BCUT2D eigenvalue weighted by Crippen LogP contribution is -1.92. The van der Waals surface area contributed by atoms with Crippen LogP contribution >= 0.6 is 0 Å². The van der Waals surface area contributed by atoms with Crippen LogP contribution in [0.4, 0.5) is 0 Å². The fourth-order valence-corrected chi connectivity index (χ4v) is 1.72. The van der Waals surface area contributed by atoms with Gasteiger partial charge in [0.15, 0.2) is 0 Å². The Morgan fingerprint density at radius 3 is 2.87 bits per heavy atom. The molecule has 1 heterocycles. The minimum atomic E-state index is 0.768. The highest BCUT2D eigenvalue weighted by molar-refractivity contribution is 5.78. The number of aryl methyl sites for hydroxylation is 1. The second kappa shape index (κ2) is 4.43. The number of rotatable bonds is 3. The molecule has 0 radical (unpaired) electrons. The van der Waals surface area contributed by atoms with Crippen LogP contribution < -0.4 is 0 Å². The summed E-state index contributed by atoms with van der Waals surface area (Å²) in [7, 11) is 0. The molecule has 0 fully saturated rings. The van der Waals surface area contributed by atoms with Crippen LogP contribution in [0.5, 0.6) is 0 Å². The van der Waals surface area contributed by atoms with Gasteiger partial charge in [-0.25, -0.2) is 0 Å². The van der Waals surface area contributed by atoms with Gasteiger partial charge >= 0.3 is 0 Å². The molecule has 0 N–H and O–H groups in total. The first-order valence-corrected chi connectivity index (χ1v) is 5.59. The largest absolute Gasteiger partial charge is 0.256 e. The molecule has 78 valence electrons. The van der Waals surface area contributed by atoms with E-state index < -0.39 is 0 Å². The molecule has 0 unspecified atom stereocenters. The van der Waals surface area contributed by atoms with Crippen molar-refractivity contribution >= 4 is 10.9 Å². The lowest BCUT2D eigenvalue weighted by Gasteiger charge is -2.05. The highest BCUT2D eigenvalue weighted by atomic mass is 14.6. The molecule has 2 rings (SSSR count). The monoisotopic (exact) mass is 199 g/mol. The highest BCUT2D eigenvalue weighted by Gasteiger charge is 1.99. The molecule has 0 bridgehead atoms. The van der Waals surface area contributed by atoms with Gasteiger partial charge in [-0.3, -0.25) is 4.98 Å². The van der Waals surface area contributed by atoms with E-state index in [1.807, 2.05) is 12.3 Å². The van der Waals surface area contributed by atoms with E-state index in [0.717, 1.165) is 17.9 Å². The van der Waals surface area contributed by atoms with Gasteiger partial charge < -0.3 is 0 Å². The molecule has 0 amide bonds. The Hall–Kier alpha value is -1.37. The molecule has 0 saturated carbocycles. The lowest BCUT2D eigenvalue weighted by molar-refractivity contribution is 0.587. The third-order valence-corrected chi connectivity index (χ3v) is 2.68. The average Bonchev–Trinajstić information content (AvgIpc) is 2.26. The van der Waals surface area contributed by atoms with E-state index in [4.69, 9.17) is 0 Å². The summed E-state index contributed by atoms with van der Waals surface area (Å²) in [6.45, 7) is 4.53. The number of hydrogen-bond donors (Lipinski definition) is 0. The fourth-order valence-electron chi connectivity index (χ4n) is 1.72. The highest BCUT2D eigenvalue weighted by Crippen LogP contribution is 2.15. The summed E-state index contributed by atoms with van der Waals surface area (Å²) < 4.78 is 0. The molecule has 15 heavy (non-hydrogen) atoms. The Morgan fingerprint density at radius 2 is 2.07 bits per heavy atom. The van der Waals surface area contributed by atoms with Crippen LogP contribution in [0.3, 0.4) is 0 Å². The number of aromatic nitrogens is 1. The van der Waals surface area contributed by atoms with Crippen molar-refractivity contribution in [1.82, 2.24) is 4.98 Å². The van der Waals surface area contributed by atoms with Gasteiger partial charge in [0.25, 0.3) is 0 Å². The van der Waals surface area contributed by atoms with Gasteiger partial charge in [0.2, 0.25) is 0 Å². The molecule has 1 heteroatoms.